The Bertz CT molecular complexity index is 785. The molecule has 0 saturated carbocycles. The van der Waals surface area contributed by atoms with Gasteiger partial charge >= 0.3 is 5.97 Å². The number of cyclic esters (lactones) is 1. The summed E-state index contributed by atoms with van der Waals surface area (Å²) in [5, 5.41) is 0.855. The van der Waals surface area contributed by atoms with E-state index in [2.05, 4.69) is 9.97 Å². The van der Waals surface area contributed by atoms with Gasteiger partial charge in [0.1, 0.15) is 23.3 Å². The molecule has 3 rings (SSSR count). The van der Waals surface area contributed by atoms with Crippen LogP contribution in [-0.4, -0.2) is 42.4 Å². The quantitative estimate of drug-likeness (QED) is 0.349. The van der Waals surface area contributed by atoms with Crippen LogP contribution in [0.4, 0.5) is 5.82 Å². The number of halogens is 1. The van der Waals surface area contributed by atoms with E-state index >= 15 is 0 Å². The maximum absolute atomic E-state index is 12.3. The predicted octanol–water partition coefficient (Wildman–Crippen LogP) is 3.33. The third kappa shape index (κ3) is 3.52. The zero-order valence-electron chi connectivity index (χ0n) is 14.2. The molecule has 0 fully saturated rings. The molecule has 6 nitrogen and oxygen atoms in total. The van der Waals surface area contributed by atoms with E-state index in [1.165, 1.54) is 11.8 Å². The Kier molecular flexibility index (Phi) is 5.34. The number of likely N-dealkylation sites (N-methyl/N-ethyl adjacent to an activating group) is 1. The van der Waals surface area contributed by atoms with E-state index in [0.29, 0.717) is 28.2 Å². The van der Waals surface area contributed by atoms with Crippen molar-refractivity contribution in [3.05, 3.63) is 40.5 Å². The van der Waals surface area contributed by atoms with Gasteiger partial charge in [-0.3, -0.25) is 4.79 Å². The van der Waals surface area contributed by atoms with E-state index in [-0.39, 0.29) is 12.5 Å². The van der Waals surface area contributed by atoms with Gasteiger partial charge in [-0.2, -0.15) is 0 Å². The van der Waals surface area contributed by atoms with Crippen molar-refractivity contribution in [2.75, 3.05) is 31.4 Å². The van der Waals surface area contributed by atoms with Crippen molar-refractivity contribution in [1.82, 2.24) is 9.97 Å². The van der Waals surface area contributed by atoms with Crippen molar-refractivity contribution in [1.29, 1.82) is 0 Å². The number of thioether (sulfide) groups is 1. The minimum Gasteiger partial charge on any atom is -0.497 e. The van der Waals surface area contributed by atoms with Crippen LogP contribution in [0.3, 0.4) is 0 Å². The molecule has 2 aromatic rings. The van der Waals surface area contributed by atoms with Crippen molar-refractivity contribution in [3.63, 3.8) is 0 Å². The fraction of sp³-hybridized carbons (Fsp3) is 0.353. The molecule has 0 N–H and O–H groups in total. The SMILES string of the molecule is CCN1CC(=O)OC(c2ccc(OC)cc2)c2c(Cl)nc(SC)nc21. The first-order valence-corrected chi connectivity index (χ1v) is 9.37. The monoisotopic (exact) mass is 379 g/mol. The summed E-state index contributed by atoms with van der Waals surface area (Å²) in [6, 6.07) is 7.33. The van der Waals surface area contributed by atoms with Gasteiger partial charge in [-0.15, -0.1) is 0 Å². The summed E-state index contributed by atoms with van der Waals surface area (Å²) in [4.78, 5) is 23.1. The number of anilines is 1. The molecule has 2 heterocycles. The molecule has 1 aliphatic rings. The molecular weight excluding hydrogens is 362 g/mol. The lowest BCUT2D eigenvalue weighted by Gasteiger charge is -2.22. The maximum atomic E-state index is 12.3. The average Bonchev–Trinajstić information content (AvgIpc) is 2.78. The van der Waals surface area contributed by atoms with Crippen LogP contribution in [0, 0.1) is 0 Å². The van der Waals surface area contributed by atoms with Gasteiger partial charge in [0.05, 0.1) is 12.7 Å². The number of fused-ring (bicyclic) bond motifs is 1. The summed E-state index contributed by atoms with van der Waals surface area (Å²) in [6.07, 6.45) is 1.22. The van der Waals surface area contributed by atoms with Crippen LogP contribution in [0.15, 0.2) is 29.4 Å². The molecule has 1 unspecified atom stereocenters. The number of benzene rings is 1. The number of carbonyl (C=O) groups is 1. The van der Waals surface area contributed by atoms with Crippen molar-refractivity contribution >= 4 is 35.1 Å². The summed E-state index contributed by atoms with van der Waals surface area (Å²) < 4.78 is 10.9. The second-order valence-corrected chi connectivity index (χ2v) is 6.53. The molecule has 1 aromatic carbocycles. The predicted molar refractivity (Wildman–Crippen MR) is 97.6 cm³/mol. The number of ether oxygens (including phenoxy) is 2. The number of esters is 1. The highest BCUT2D eigenvalue weighted by molar-refractivity contribution is 7.98. The molecule has 0 saturated heterocycles. The van der Waals surface area contributed by atoms with Crippen LogP contribution in [-0.2, 0) is 9.53 Å². The van der Waals surface area contributed by atoms with Crippen LogP contribution in [0.25, 0.3) is 0 Å². The molecular formula is C17H18ClN3O3S. The minimum atomic E-state index is -0.659. The van der Waals surface area contributed by atoms with E-state index in [1.807, 2.05) is 42.3 Å². The number of nitrogens with zero attached hydrogens (tertiary/aromatic N) is 3. The largest absolute Gasteiger partial charge is 0.497 e. The van der Waals surface area contributed by atoms with E-state index in [9.17, 15) is 4.79 Å². The van der Waals surface area contributed by atoms with Gasteiger partial charge in [-0.1, -0.05) is 35.5 Å². The fourth-order valence-corrected chi connectivity index (χ4v) is 3.38. The van der Waals surface area contributed by atoms with E-state index in [1.54, 1.807) is 7.11 Å². The van der Waals surface area contributed by atoms with E-state index in [0.717, 1.165) is 11.3 Å². The first-order chi connectivity index (χ1) is 12.1. The molecule has 132 valence electrons. The molecule has 1 aliphatic heterocycles. The Morgan fingerprint density at radius 2 is 2.08 bits per heavy atom. The average molecular weight is 380 g/mol. The Labute approximate surface area is 155 Å². The lowest BCUT2D eigenvalue weighted by atomic mass is 10.0. The molecule has 0 bridgehead atoms. The van der Waals surface area contributed by atoms with Gasteiger partial charge in [0.25, 0.3) is 0 Å². The first-order valence-electron chi connectivity index (χ1n) is 7.77. The third-order valence-corrected chi connectivity index (χ3v) is 4.81. The van der Waals surface area contributed by atoms with Crippen LogP contribution >= 0.6 is 23.4 Å². The third-order valence-electron chi connectivity index (χ3n) is 3.97. The van der Waals surface area contributed by atoms with Crippen LogP contribution < -0.4 is 9.64 Å². The second kappa shape index (κ2) is 7.49. The summed E-state index contributed by atoms with van der Waals surface area (Å²) >= 11 is 7.87. The summed E-state index contributed by atoms with van der Waals surface area (Å²) in [5.41, 5.74) is 1.40. The number of hydrogen-bond donors (Lipinski definition) is 0. The first kappa shape index (κ1) is 17.8. The molecule has 1 aromatic heterocycles. The van der Waals surface area contributed by atoms with Crippen LogP contribution in [0.2, 0.25) is 5.15 Å². The number of methoxy groups -OCH3 is 1. The number of aromatic nitrogens is 2. The van der Waals surface area contributed by atoms with Crippen LogP contribution in [0.5, 0.6) is 5.75 Å². The smallest absolute Gasteiger partial charge is 0.326 e. The molecule has 0 spiro atoms. The van der Waals surface area contributed by atoms with Crippen molar-refractivity contribution in [2.45, 2.75) is 18.2 Å². The van der Waals surface area contributed by atoms with Crippen molar-refractivity contribution in [3.8, 4) is 5.75 Å². The van der Waals surface area contributed by atoms with Crippen LogP contribution in [0.1, 0.15) is 24.2 Å². The van der Waals surface area contributed by atoms with Gasteiger partial charge in [-0.05, 0) is 30.9 Å². The van der Waals surface area contributed by atoms with Gasteiger partial charge in [0.15, 0.2) is 11.3 Å². The zero-order chi connectivity index (χ0) is 18.0. The van der Waals surface area contributed by atoms with E-state index in [4.69, 9.17) is 21.1 Å². The standard InChI is InChI=1S/C17H18ClN3O3S/c1-4-21-9-12(22)24-14(10-5-7-11(23-2)8-6-10)13-15(18)19-17(25-3)20-16(13)21/h5-8,14H,4,9H2,1-3H3. The molecule has 0 amide bonds. The Balaban J connectivity index is 2.16. The minimum absolute atomic E-state index is 0.122. The Hall–Kier alpha value is -1.99. The Morgan fingerprint density at radius 1 is 1.36 bits per heavy atom. The summed E-state index contributed by atoms with van der Waals surface area (Å²) in [6.45, 7) is 2.69. The molecule has 0 radical (unpaired) electrons. The molecule has 8 heteroatoms. The van der Waals surface area contributed by atoms with Crippen molar-refractivity contribution < 1.29 is 14.3 Å². The highest BCUT2D eigenvalue weighted by Crippen LogP contribution is 2.39. The fourth-order valence-electron chi connectivity index (χ4n) is 2.70. The topological polar surface area (TPSA) is 64.6 Å². The van der Waals surface area contributed by atoms with Gasteiger partial charge < -0.3 is 14.4 Å². The zero-order valence-corrected chi connectivity index (χ0v) is 15.7. The number of hydrogen-bond acceptors (Lipinski definition) is 7. The van der Waals surface area contributed by atoms with E-state index < -0.39 is 6.10 Å². The summed E-state index contributed by atoms with van der Waals surface area (Å²) in [7, 11) is 1.60. The highest BCUT2D eigenvalue weighted by atomic mass is 35.5. The normalized spacial score (nSPS) is 16.9. The maximum Gasteiger partial charge on any atom is 0.326 e. The molecule has 1 atom stereocenters. The van der Waals surface area contributed by atoms with Gasteiger partial charge in [-0.25, -0.2) is 9.97 Å². The van der Waals surface area contributed by atoms with Crippen molar-refractivity contribution in [2.24, 2.45) is 0 Å². The van der Waals surface area contributed by atoms with Gasteiger partial charge in [0, 0.05) is 6.54 Å². The lowest BCUT2D eigenvalue weighted by Crippen LogP contribution is -2.29. The second-order valence-electron chi connectivity index (χ2n) is 5.40. The number of rotatable bonds is 4. The highest BCUT2D eigenvalue weighted by Gasteiger charge is 2.33. The number of carbonyl (C=O) groups excluding carboxylic acids is 1. The lowest BCUT2D eigenvalue weighted by molar-refractivity contribution is -0.145. The molecule has 25 heavy (non-hydrogen) atoms. The molecule has 0 aliphatic carbocycles. The van der Waals surface area contributed by atoms with Gasteiger partial charge in [0.2, 0.25) is 0 Å². The Morgan fingerprint density at radius 3 is 2.68 bits per heavy atom. The summed E-state index contributed by atoms with van der Waals surface area (Å²) in [5.74, 6) is 1.03.